The molecule has 1 aliphatic heterocycles. The molecule has 0 aromatic heterocycles. The second-order valence-electron chi connectivity index (χ2n) is 12.9. The van der Waals surface area contributed by atoms with E-state index in [2.05, 4.69) is 128 Å². The first-order valence-corrected chi connectivity index (χ1v) is 19.9. The first-order valence-electron chi connectivity index (χ1n) is 18.9. The molecular formula is C52H49N3S. The predicted octanol–water partition coefficient (Wildman–Crippen LogP) is 14.6. The lowest BCUT2D eigenvalue weighted by Gasteiger charge is -2.09. The number of nitrogens with one attached hydrogen (secondary N) is 2. The molecular weight excluding hydrogens is 699 g/mol. The maximum atomic E-state index is 7.62. The van der Waals surface area contributed by atoms with Crippen LogP contribution in [0.2, 0.25) is 0 Å². The molecule has 0 amide bonds. The molecule has 0 fully saturated rings. The smallest absolute Gasteiger partial charge is 0.151 e. The molecule has 0 radical (unpaired) electrons. The molecule has 4 heteroatoms. The lowest BCUT2D eigenvalue weighted by Crippen LogP contribution is -1.93. The first-order chi connectivity index (χ1) is 27.4. The van der Waals surface area contributed by atoms with Crippen molar-refractivity contribution in [3.05, 3.63) is 204 Å². The molecule has 0 saturated carbocycles. The average Bonchev–Trinajstić information content (AvgIpc) is 3.71. The van der Waals surface area contributed by atoms with Crippen LogP contribution < -0.4 is 0 Å². The topological polar surface area (TPSA) is 60.1 Å². The lowest BCUT2D eigenvalue weighted by atomic mass is 9.95. The minimum absolute atomic E-state index is 0.206. The van der Waals surface area contributed by atoms with Crippen molar-refractivity contribution in [2.75, 3.05) is 5.75 Å². The molecule has 1 aliphatic rings. The molecule has 1 heterocycles. The van der Waals surface area contributed by atoms with Crippen molar-refractivity contribution in [2.45, 2.75) is 32.6 Å². The van der Waals surface area contributed by atoms with Crippen LogP contribution in [-0.2, 0) is 0 Å². The molecule has 0 unspecified atom stereocenters. The van der Waals surface area contributed by atoms with Crippen LogP contribution in [-0.4, -0.2) is 24.5 Å². The van der Waals surface area contributed by atoms with Crippen molar-refractivity contribution in [3.63, 3.8) is 0 Å². The van der Waals surface area contributed by atoms with Gasteiger partial charge >= 0.3 is 0 Å². The van der Waals surface area contributed by atoms with E-state index in [-0.39, 0.29) is 5.84 Å². The highest BCUT2D eigenvalue weighted by molar-refractivity contribution is 8.00. The Labute approximate surface area is 337 Å². The first kappa shape index (κ1) is 40.8. The van der Waals surface area contributed by atoms with Gasteiger partial charge in [-0.1, -0.05) is 177 Å². The van der Waals surface area contributed by atoms with Crippen LogP contribution in [0, 0.1) is 17.7 Å². The van der Waals surface area contributed by atoms with Gasteiger partial charge in [-0.25, -0.2) is 4.99 Å². The number of nitrogens with zero attached hydrogens (tertiary/aromatic N) is 1. The Morgan fingerprint density at radius 2 is 0.982 bits per heavy atom. The summed E-state index contributed by atoms with van der Waals surface area (Å²) in [6, 6.07) is 62.9. The fraction of sp³-hybridized carbons (Fsp3) is 0.0962. The Morgan fingerprint density at radius 1 is 0.554 bits per heavy atom. The van der Waals surface area contributed by atoms with Gasteiger partial charge in [-0.05, 0) is 106 Å². The summed E-state index contributed by atoms with van der Waals surface area (Å²) in [6.07, 6.45) is 1.47. The number of hydrogen-bond donors (Lipinski definition) is 2. The van der Waals surface area contributed by atoms with Gasteiger partial charge < -0.3 is 5.41 Å². The Morgan fingerprint density at radius 3 is 1.46 bits per heavy atom. The van der Waals surface area contributed by atoms with Crippen LogP contribution in [0.15, 0.2) is 197 Å². The van der Waals surface area contributed by atoms with Crippen molar-refractivity contribution in [2.24, 2.45) is 4.99 Å². The molecule has 278 valence electrons. The minimum Gasteiger partial charge on any atom is -0.308 e. The number of aliphatic imine (C=N–C) groups is 1. The van der Waals surface area contributed by atoms with Crippen molar-refractivity contribution in [1.82, 2.24) is 0 Å². The summed E-state index contributed by atoms with van der Waals surface area (Å²) >= 11 is 1.86. The summed E-state index contributed by atoms with van der Waals surface area (Å²) in [4.78, 5) is 4.94. The van der Waals surface area contributed by atoms with Crippen LogP contribution in [0.3, 0.4) is 0 Å². The minimum atomic E-state index is 0.206. The maximum absolute atomic E-state index is 7.62. The van der Waals surface area contributed by atoms with E-state index in [0.717, 1.165) is 28.0 Å². The summed E-state index contributed by atoms with van der Waals surface area (Å²) in [6.45, 7) is 11.5. The zero-order valence-electron chi connectivity index (χ0n) is 32.7. The SMILES string of the molecule is C/C(C=N)=C1\CSc2ccc(-c3ccc(-c4cccc(-c5ccccc5)c4)cc3)cc21.C=NC(=N)c1cccc(-c2ccccc2)c1.CC.Cc1ccccc1. The third-order valence-corrected chi connectivity index (χ3v) is 10.3. The molecule has 0 bridgehead atoms. The zero-order valence-corrected chi connectivity index (χ0v) is 33.5. The highest BCUT2D eigenvalue weighted by atomic mass is 32.2. The summed E-state index contributed by atoms with van der Waals surface area (Å²) in [7, 11) is 0. The quantitative estimate of drug-likeness (QED) is 0.129. The molecule has 56 heavy (non-hydrogen) atoms. The van der Waals surface area contributed by atoms with Gasteiger partial charge in [0.05, 0.1) is 0 Å². The molecule has 0 spiro atoms. The van der Waals surface area contributed by atoms with Crippen LogP contribution >= 0.6 is 11.8 Å². The van der Waals surface area contributed by atoms with E-state index in [0.29, 0.717) is 0 Å². The monoisotopic (exact) mass is 747 g/mol. The van der Waals surface area contributed by atoms with Crippen molar-refractivity contribution in [1.29, 1.82) is 10.8 Å². The number of amidine groups is 1. The highest BCUT2D eigenvalue weighted by Gasteiger charge is 2.19. The van der Waals surface area contributed by atoms with E-state index >= 15 is 0 Å². The molecule has 0 atom stereocenters. The van der Waals surface area contributed by atoms with Gasteiger partial charge in [0.25, 0.3) is 0 Å². The third-order valence-electron chi connectivity index (χ3n) is 9.23. The number of allylic oxidation sites excluding steroid dienone is 1. The van der Waals surface area contributed by atoms with Crippen molar-refractivity contribution in [3.8, 4) is 44.5 Å². The average molecular weight is 748 g/mol. The van der Waals surface area contributed by atoms with Gasteiger partial charge in [0.1, 0.15) is 0 Å². The number of thioether (sulfide) groups is 1. The van der Waals surface area contributed by atoms with E-state index in [4.69, 9.17) is 10.8 Å². The second kappa shape index (κ2) is 20.9. The largest absolute Gasteiger partial charge is 0.308 e. The van der Waals surface area contributed by atoms with Gasteiger partial charge in [0.2, 0.25) is 0 Å². The Hall–Kier alpha value is -6.36. The van der Waals surface area contributed by atoms with E-state index in [1.165, 1.54) is 61.2 Å². The lowest BCUT2D eigenvalue weighted by molar-refractivity contribution is 1.40. The van der Waals surface area contributed by atoms with E-state index < -0.39 is 0 Å². The Balaban J connectivity index is 0.000000199. The maximum Gasteiger partial charge on any atom is 0.151 e. The third kappa shape index (κ3) is 10.9. The predicted molar refractivity (Wildman–Crippen MR) is 246 cm³/mol. The molecule has 7 aromatic carbocycles. The second-order valence-corrected chi connectivity index (χ2v) is 14.0. The Bertz CT molecular complexity index is 2380. The number of benzene rings is 7. The normalized spacial score (nSPS) is 11.9. The van der Waals surface area contributed by atoms with E-state index in [1.54, 1.807) is 0 Å². The fourth-order valence-electron chi connectivity index (χ4n) is 6.18. The number of rotatable bonds is 6. The number of aryl methyl sites for hydroxylation is 1. The van der Waals surface area contributed by atoms with Gasteiger partial charge in [-0.3, -0.25) is 5.41 Å². The van der Waals surface area contributed by atoms with Gasteiger partial charge in [0, 0.05) is 22.4 Å². The van der Waals surface area contributed by atoms with Gasteiger partial charge in [0.15, 0.2) is 5.84 Å². The van der Waals surface area contributed by atoms with Crippen LogP contribution in [0.4, 0.5) is 0 Å². The molecule has 3 nitrogen and oxygen atoms in total. The Kier molecular flexibility index (Phi) is 15.2. The molecule has 0 aliphatic carbocycles. The van der Waals surface area contributed by atoms with Crippen LogP contribution in [0.25, 0.3) is 50.1 Å². The van der Waals surface area contributed by atoms with Crippen molar-refractivity contribution >= 4 is 36.1 Å². The van der Waals surface area contributed by atoms with Gasteiger partial charge in [-0.2, -0.15) is 0 Å². The fourth-order valence-corrected chi connectivity index (χ4v) is 7.36. The molecule has 7 aromatic rings. The summed E-state index contributed by atoms with van der Waals surface area (Å²) in [5.41, 5.74) is 15.3. The molecule has 8 rings (SSSR count). The summed E-state index contributed by atoms with van der Waals surface area (Å²) < 4.78 is 0. The van der Waals surface area contributed by atoms with Crippen molar-refractivity contribution < 1.29 is 0 Å². The summed E-state index contributed by atoms with van der Waals surface area (Å²) in [5.74, 6) is 1.16. The zero-order chi connectivity index (χ0) is 39.7. The number of fused-ring (bicyclic) bond motifs is 1. The standard InChI is InChI=1S/C29H23NS.C14H12N2.C7H8.C2H6/c1-20(18-30)28-19-31-29-15-14-26(17-27(28)29)23-12-10-22(11-13-23)25-9-5-8-24(16-25)21-6-3-2-4-7-21;1-16-14(15)13-9-5-8-12(10-13)11-6-3-2-4-7-11;1-7-5-3-2-4-6-7;1-2/h2-18,30H,19H2,1H3;2-10,15H,1H2;2-6H,1H3;1-2H3/b28-20-,30-18?;;;. The van der Waals surface area contributed by atoms with Crippen LogP contribution in [0.1, 0.15) is 37.5 Å². The molecule has 0 saturated heterocycles. The summed E-state index contributed by atoms with van der Waals surface area (Å²) in [5, 5.41) is 15.2. The molecule has 2 N–H and O–H groups in total. The van der Waals surface area contributed by atoms with Gasteiger partial charge in [-0.15, -0.1) is 11.8 Å². The number of hydrogen-bond acceptors (Lipinski definition) is 3. The van der Waals surface area contributed by atoms with E-state index in [9.17, 15) is 0 Å². The van der Waals surface area contributed by atoms with E-state index in [1.807, 2.05) is 105 Å². The van der Waals surface area contributed by atoms with Crippen LogP contribution in [0.5, 0.6) is 0 Å². The highest BCUT2D eigenvalue weighted by Crippen LogP contribution is 2.42.